The van der Waals surface area contributed by atoms with Crippen molar-refractivity contribution in [2.75, 3.05) is 26.2 Å². The number of piperazine rings is 1. The SMILES string of the molecule is CC(C)(C)OC(=O)N1CCN(C(=O)[C@@H]2CC[C@H](c3ccccc3)N(S(=O)(=O)c3ccccc3)C2)C(C)(C)C1. The Morgan fingerprint density at radius 3 is 2.11 bits per heavy atom. The average Bonchev–Trinajstić information content (AvgIpc) is 2.87. The molecule has 38 heavy (non-hydrogen) atoms. The molecule has 2 aromatic carbocycles. The first-order chi connectivity index (χ1) is 17.8. The molecule has 0 radical (unpaired) electrons. The Balaban J connectivity index is 1.56. The van der Waals surface area contributed by atoms with Crippen molar-refractivity contribution >= 4 is 22.0 Å². The molecule has 2 aromatic rings. The highest BCUT2D eigenvalue weighted by Crippen LogP contribution is 2.39. The number of piperidine rings is 1. The van der Waals surface area contributed by atoms with E-state index < -0.39 is 27.1 Å². The Morgan fingerprint density at radius 2 is 1.53 bits per heavy atom. The van der Waals surface area contributed by atoms with Crippen LogP contribution in [0, 0.1) is 5.92 Å². The van der Waals surface area contributed by atoms with E-state index in [-0.39, 0.29) is 29.5 Å². The van der Waals surface area contributed by atoms with Crippen molar-refractivity contribution in [2.45, 2.75) is 69.5 Å². The molecule has 0 aromatic heterocycles. The molecule has 2 amide bonds. The van der Waals surface area contributed by atoms with Crippen molar-refractivity contribution in [3.8, 4) is 0 Å². The van der Waals surface area contributed by atoms with E-state index in [1.807, 2.05) is 69.9 Å². The summed E-state index contributed by atoms with van der Waals surface area (Å²) in [7, 11) is -3.83. The molecular formula is C29H39N3O5S. The lowest BCUT2D eigenvalue weighted by Crippen LogP contribution is -2.64. The number of sulfonamides is 1. The molecule has 4 rings (SSSR count). The quantitative estimate of drug-likeness (QED) is 0.561. The number of ether oxygens (including phenoxy) is 1. The van der Waals surface area contributed by atoms with Crippen LogP contribution in [-0.2, 0) is 19.6 Å². The first kappa shape index (κ1) is 28.1. The molecule has 2 fully saturated rings. The van der Waals surface area contributed by atoms with Crippen LogP contribution in [0.1, 0.15) is 59.1 Å². The van der Waals surface area contributed by atoms with E-state index in [1.165, 1.54) is 4.31 Å². The van der Waals surface area contributed by atoms with Gasteiger partial charge in [0.2, 0.25) is 15.9 Å². The molecule has 8 nitrogen and oxygen atoms in total. The Hall–Kier alpha value is -2.91. The van der Waals surface area contributed by atoms with Gasteiger partial charge in [0.1, 0.15) is 5.60 Å². The summed E-state index contributed by atoms with van der Waals surface area (Å²) in [5, 5.41) is 0. The predicted molar refractivity (Wildman–Crippen MR) is 146 cm³/mol. The molecule has 0 unspecified atom stereocenters. The normalized spacial score (nSPS) is 22.7. The topological polar surface area (TPSA) is 87.2 Å². The van der Waals surface area contributed by atoms with E-state index in [0.29, 0.717) is 32.5 Å². The van der Waals surface area contributed by atoms with Gasteiger partial charge in [0.15, 0.2) is 0 Å². The lowest BCUT2D eigenvalue weighted by molar-refractivity contribution is -0.146. The first-order valence-corrected chi connectivity index (χ1v) is 14.6. The number of carbonyl (C=O) groups is 2. The summed E-state index contributed by atoms with van der Waals surface area (Å²) in [5.41, 5.74) is -0.297. The van der Waals surface area contributed by atoms with Crippen LogP contribution in [0.25, 0.3) is 0 Å². The lowest BCUT2D eigenvalue weighted by atomic mass is 9.88. The van der Waals surface area contributed by atoms with Crippen LogP contribution in [0.4, 0.5) is 4.79 Å². The third-order valence-electron chi connectivity index (χ3n) is 7.24. The van der Waals surface area contributed by atoms with Gasteiger partial charge in [-0.15, -0.1) is 0 Å². The van der Waals surface area contributed by atoms with Crippen molar-refractivity contribution in [1.29, 1.82) is 0 Å². The molecule has 206 valence electrons. The summed E-state index contributed by atoms with van der Waals surface area (Å²) in [6.07, 6.45) is 0.743. The van der Waals surface area contributed by atoms with E-state index in [0.717, 1.165) is 5.56 Å². The predicted octanol–water partition coefficient (Wildman–Crippen LogP) is 4.69. The van der Waals surface area contributed by atoms with Gasteiger partial charge in [-0.3, -0.25) is 4.79 Å². The number of nitrogens with zero attached hydrogens (tertiary/aromatic N) is 3. The Bertz CT molecular complexity index is 1240. The van der Waals surface area contributed by atoms with Gasteiger partial charge in [0.25, 0.3) is 0 Å². The number of hydrogen-bond acceptors (Lipinski definition) is 5. The minimum absolute atomic E-state index is 0.0707. The Morgan fingerprint density at radius 1 is 0.921 bits per heavy atom. The third-order valence-corrected chi connectivity index (χ3v) is 9.13. The second kappa shape index (κ2) is 10.7. The Labute approximate surface area is 226 Å². The summed E-state index contributed by atoms with van der Waals surface area (Å²) in [4.78, 5) is 30.2. The second-order valence-corrected chi connectivity index (χ2v) is 13.7. The number of rotatable bonds is 4. The molecule has 0 aliphatic carbocycles. The standard InChI is InChI=1S/C29H39N3O5S/c1-28(2,3)37-27(34)30-18-19-31(29(4,5)21-30)26(33)23-16-17-25(22-12-8-6-9-13-22)32(20-23)38(35,36)24-14-10-7-11-15-24/h6-15,23,25H,16-21H2,1-5H3/t23-,25-/m1/s1. The van der Waals surface area contributed by atoms with Gasteiger partial charge < -0.3 is 14.5 Å². The summed E-state index contributed by atoms with van der Waals surface area (Å²) < 4.78 is 34.7. The molecule has 0 saturated carbocycles. The summed E-state index contributed by atoms with van der Waals surface area (Å²) in [6.45, 7) is 10.6. The van der Waals surface area contributed by atoms with Crippen LogP contribution in [-0.4, -0.2) is 71.8 Å². The van der Waals surface area contributed by atoms with Crippen molar-refractivity contribution in [3.63, 3.8) is 0 Å². The van der Waals surface area contributed by atoms with Crippen molar-refractivity contribution in [3.05, 3.63) is 66.2 Å². The van der Waals surface area contributed by atoms with E-state index in [2.05, 4.69) is 0 Å². The highest BCUT2D eigenvalue weighted by Gasteiger charge is 2.45. The molecule has 0 spiro atoms. The lowest BCUT2D eigenvalue weighted by Gasteiger charge is -2.49. The molecule has 0 N–H and O–H groups in total. The van der Waals surface area contributed by atoms with Gasteiger partial charge in [-0.25, -0.2) is 13.2 Å². The highest BCUT2D eigenvalue weighted by molar-refractivity contribution is 7.89. The maximum Gasteiger partial charge on any atom is 0.410 e. The van der Waals surface area contributed by atoms with Crippen LogP contribution >= 0.6 is 0 Å². The smallest absolute Gasteiger partial charge is 0.410 e. The van der Waals surface area contributed by atoms with Gasteiger partial charge in [-0.2, -0.15) is 4.31 Å². The number of hydrogen-bond donors (Lipinski definition) is 0. The zero-order valence-corrected chi connectivity index (χ0v) is 23.8. The molecule has 2 heterocycles. The van der Waals surface area contributed by atoms with Gasteiger partial charge >= 0.3 is 6.09 Å². The molecule has 2 aliphatic heterocycles. The molecule has 2 aliphatic rings. The second-order valence-electron chi connectivity index (χ2n) is 11.8. The fourth-order valence-electron chi connectivity index (χ4n) is 5.41. The van der Waals surface area contributed by atoms with Crippen LogP contribution < -0.4 is 0 Å². The monoisotopic (exact) mass is 541 g/mol. The fraction of sp³-hybridized carbons (Fsp3) is 0.517. The number of amides is 2. The van der Waals surface area contributed by atoms with E-state index in [4.69, 9.17) is 4.74 Å². The summed E-state index contributed by atoms with van der Waals surface area (Å²) in [6, 6.07) is 17.7. The van der Waals surface area contributed by atoms with Crippen LogP contribution in [0.15, 0.2) is 65.6 Å². The zero-order valence-electron chi connectivity index (χ0n) is 23.0. The van der Waals surface area contributed by atoms with Gasteiger partial charge in [-0.05, 0) is 65.2 Å². The van der Waals surface area contributed by atoms with Crippen LogP contribution in [0.3, 0.4) is 0 Å². The van der Waals surface area contributed by atoms with Crippen LogP contribution in [0.2, 0.25) is 0 Å². The van der Waals surface area contributed by atoms with Crippen LogP contribution in [0.5, 0.6) is 0 Å². The first-order valence-electron chi connectivity index (χ1n) is 13.2. The van der Waals surface area contributed by atoms with Gasteiger partial charge in [0.05, 0.1) is 22.4 Å². The van der Waals surface area contributed by atoms with E-state index in [9.17, 15) is 18.0 Å². The summed E-state index contributed by atoms with van der Waals surface area (Å²) >= 11 is 0. The minimum atomic E-state index is -3.83. The maximum absolute atomic E-state index is 13.9. The highest BCUT2D eigenvalue weighted by atomic mass is 32.2. The molecular weight excluding hydrogens is 502 g/mol. The third kappa shape index (κ3) is 6.04. The molecule has 2 saturated heterocycles. The van der Waals surface area contributed by atoms with Crippen molar-refractivity contribution in [1.82, 2.24) is 14.1 Å². The van der Waals surface area contributed by atoms with Gasteiger partial charge in [-0.1, -0.05) is 48.5 Å². The van der Waals surface area contributed by atoms with E-state index >= 15 is 0 Å². The number of benzene rings is 2. The Kier molecular flexibility index (Phi) is 7.91. The van der Waals surface area contributed by atoms with E-state index in [1.54, 1.807) is 35.2 Å². The summed E-state index contributed by atoms with van der Waals surface area (Å²) in [5.74, 6) is -0.542. The minimum Gasteiger partial charge on any atom is -0.444 e. The molecule has 9 heteroatoms. The molecule has 2 atom stereocenters. The van der Waals surface area contributed by atoms with Gasteiger partial charge in [0, 0.05) is 26.2 Å². The largest absolute Gasteiger partial charge is 0.444 e. The maximum atomic E-state index is 13.9. The average molecular weight is 542 g/mol. The number of carbonyl (C=O) groups excluding carboxylic acids is 2. The zero-order chi connectivity index (χ0) is 27.7. The van der Waals surface area contributed by atoms with Crippen molar-refractivity contribution < 1.29 is 22.7 Å². The molecule has 0 bridgehead atoms. The van der Waals surface area contributed by atoms with Crippen molar-refractivity contribution in [2.24, 2.45) is 5.92 Å². The fourth-order valence-corrected chi connectivity index (χ4v) is 7.12.